The summed E-state index contributed by atoms with van der Waals surface area (Å²) in [7, 11) is 0. The number of anilines is 1. The van der Waals surface area contributed by atoms with Gasteiger partial charge in [-0.25, -0.2) is 14.2 Å². The number of nitrogens with zero attached hydrogens (tertiary/aromatic N) is 2. The third-order valence-corrected chi connectivity index (χ3v) is 4.60. The SMILES string of the molecule is CC(C)(C)OC(=O)n1c(C#N)ccc1-c1ccc2c(c1)C(C)(CCO)OC(=O)N2. The minimum Gasteiger partial charge on any atom is -0.443 e. The number of carbonyl (C=O) groups is 2. The van der Waals surface area contributed by atoms with Crippen LogP contribution in [0.4, 0.5) is 15.3 Å². The first-order chi connectivity index (χ1) is 13.6. The highest BCUT2D eigenvalue weighted by Gasteiger charge is 2.37. The summed E-state index contributed by atoms with van der Waals surface area (Å²) in [5.74, 6) is 0. The van der Waals surface area contributed by atoms with E-state index in [-0.39, 0.29) is 18.7 Å². The van der Waals surface area contributed by atoms with Crippen molar-refractivity contribution in [1.82, 2.24) is 4.57 Å². The Labute approximate surface area is 168 Å². The van der Waals surface area contributed by atoms with E-state index in [0.29, 0.717) is 22.5 Å². The lowest BCUT2D eigenvalue weighted by molar-refractivity contribution is 0.00760. The lowest BCUT2D eigenvalue weighted by atomic mass is 9.88. The van der Waals surface area contributed by atoms with Gasteiger partial charge in [-0.15, -0.1) is 0 Å². The molecule has 1 aliphatic rings. The third-order valence-electron chi connectivity index (χ3n) is 4.60. The number of nitriles is 1. The lowest BCUT2D eigenvalue weighted by Crippen LogP contribution is -2.38. The Morgan fingerprint density at radius 1 is 1.34 bits per heavy atom. The molecule has 8 heteroatoms. The van der Waals surface area contributed by atoms with E-state index in [9.17, 15) is 20.0 Å². The predicted octanol–water partition coefficient (Wildman–Crippen LogP) is 3.97. The van der Waals surface area contributed by atoms with E-state index in [2.05, 4.69) is 5.32 Å². The first-order valence-corrected chi connectivity index (χ1v) is 9.19. The predicted molar refractivity (Wildman–Crippen MR) is 105 cm³/mol. The summed E-state index contributed by atoms with van der Waals surface area (Å²) in [5.41, 5.74) is 0.746. The fourth-order valence-corrected chi connectivity index (χ4v) is 3.30. The summed E-state index contributed by atoms with van der Waals surface area (Å²) in [6, 6.07) is 10.4. The van der Waals surface area contributed by atoms with Crippen molar-refractivity contribution in [3.05, 3.63) is 41.6 Å². The van der Waals surface area contributed by atoms with Gasteiger partial charge >= 0.3 is 12.2 Å². The van der Waals surface area contributed by atoms with E-state index in [1.54, 1.807) is 58.0 Å². The number of aromatic nitrogens is 1. The molecule has 0 saturated carbocycles. The number of ether oxygens (including phenoxy) is 2. The molecule has 29 heavy (non-hydrogen) atoms. The van der Waals surface area contributed by atoms with E-state index in [4.69, 9.17) is 9.47 Å². The Kier molecular flexibility index (Phi) is 5.11. The highest BCUT2D eigenvalue weighted by atomic mass is 16.6. The average molecular weight is 397 g/mol. The molecule has 8 nitrogen and oxygen atoms in total. The molecule has 3 rings (SSSR count). The van der Waals surface area contributed by atoms with Gasteiger partial charge in [0, 0.05) is 18.6 Å². The van der Waals surface area contributed by atoms with Crippen LogP contribution in [0.15, 0.2) is 30.3 Å². The maximum Gasteiger partial charge on any atom is 0.420 e. The molecule has 0 spiro atoms. The Hall–Kier alpha value is -3.31. The standard InChI is InChI=1S/C21H23N3O5/c1-20(2,3)29-19(27)24-14(12-22)6-8-17(24)13-5-7-16-15(11-13)21(4,9-10-25)28-18(26)23-16/h5-8,11,25H,9-10H2,1-4H3,(H,23,26). The van der Waals surface area contributed by atoms with Crippen molar-refractivity contribution in [1.29, 1.82) is 5.26 Å². The molecule has 1 unspecified atom stereocenters. The maximum atomic E-state index is 12.7. The van der Waals surface area contributed by atoms with Gasteiger partial charge in [-0.3, -0.25) is 5.32 Å². The van der Waals surface area contributed by atoms with Crippen molar-refractivity contribution < 1.29 is 24.2 Å². The fourth-order valence-electron chi connectivity index (χ4n) is 3.30. The molecule has 0 fully saturated rings. The van der Waals surface area contributed by atoms with Crippen LogP contribution in [0.5, 0.6) is 0 Å². The molecule has 0 aliphatic carbocycles. The normalized spacial score (nSPS) is 18.3. The van der Waals surface area contributed by atoms with E-state index in [1.165, 1.54) is 4.57 Å². The molecule has 2 heterocycles. The van der Waals surface area contributed by atoms with Crippen LogP contribution in [0.25, 0.3) is 11.3 Å². The van der Waals surface area contributed by atoms with Crippen LogP contribution in [0.3, 0.4) is 0 Å². The summed E-state index contributed by atoms with van der Waals surface area (Å²) in [4.78, 5) is 24.6. The topological polar surface area (TPSA) is 114 Å². The van der Waals surface area contributed by atoms with Gasteiger partial charge in [-0.1, -0.05) is 6.07 Å². The minimum absolute atomic E-state index is 0.148. The molecule has 1 aliphatic heterocycles. The van der Waals surface area contributed by atoms with Gasteiger partial charge in [0.2, 0.25) is 0 Å². The second kappa shape index (κ2) is 7.26. The van der Waals surface area contributed by atoms with Gasteiger partial charge in [0.25, 0.3) is 0 Å². The fraction of sp³-hybridized carbons (Fsp3) is 0.381. The van der Waals surface area contributed by atoms with Crippen molar-refractivity contribution in [2.24, 2.45) is 0 Å². The van der Waals surface area contributed by atoms with Gasteiger partial charge in [-0.2, -0.15) is 5.26 Å². The number of fused-ring (bicyclic) bond motifs is 1. The molecule has 0 bridgehead atoms. The highest BCUT2D eigenvalue weighted by Crippen LogP contribution is 2.40. The number of aliphatic hydroxyl groups is 1. The third kappa shape index (κ3) is 3.96. The van der Waals surface area contributed by atoms with Gasteiger partial charge in [0.15, 0.2) is 0 Å². The number of nitrogens with one attached hydrogen (secondary N) is 1. The number of rotatable bonds is 3. The van der Waals surface area contributed by atoms with E-state index < -0.39 is 23.4 Å². The quantitative estimate of drug-likeness (QED) is 0.810. The number of amides is 1. The lowest BCUT2D eigenvalue weighted by Gasteiger charge is -2.35. The van der Waals surface area contributed by atoms with Crippen molar-refractivity contribution in [3.63, 3.8) is 0 Å². The van der Waals surface area contributed by atoms with Crippen LogP contribution in [0, 0.1) is 11.3 Å². The van der Waals surface area contributed by atoms with Crippen molar-refractivity contribution in [2.45, 2.75) is 45.3 Å². The zero-order chi connectivity index (χ0) is 21.4. The molecule has 1 aromatic heterocycles. The Balaban J connectivity index is 2.12. The molecule has 2 aromatic rings. The van der Waals surface area contributed by atoms with Gasteiger partial charge in [-0.05, 0) is 57.5 Å². The molecule has 2 N–H and O–H groups in total. The molecule has 152 valence electrons. The van der Waals surface area contributed by atoms with Gasteiger partial charge in [0.1, 0.15) is 23.0 Å². The molecule has 1 atom stereocenters. The summed E-state index contributed by atoms with van der Waals surface area (Å²) in [6.45, 7) is 6.80. The molecule has 0 saturated heterocycles. The second-order valence-electron chi connectivity index (χ2n) is 8.01. The van der Waals surface area contributed by atoms with Crippen LogP contribution in [-0.2, 0) is 15.1 Å². The Bertz CT molecular complexity index is 1010. The second-order valence-corrected chi connectivity index (χ2v) is 8.01. The number of cyclic esters (lactones) is 1. The monoisotopic (exact) mass is 397 g/mol. The van der Waals surface area contributed by atoms with Crippen molar-refractivity contribution in [3.8, 4) is 17.3 Å². The zero-order valence-electron chi connectivity index (χ0n) is 16.8. The summed E-state index contributed by atoms with van der Waals surface area (Å²) in [6.07, 6.45) is -1.03. The number of carbonyl (C=O) groups excluding carboxylic acids is 2. The smallest absolute Gasteiger partial charge is 0.420 e. The molecule has 1 amide bonds. The number of aliphatic hydroxyl groups excluding tert-OH is 1. The summed E-state index contributed by atoms with van der Waals surface area (Å²) >= 11 is 0. The van der Waals surface area contributed by atoms with Crippen molar-refractivity contribution in [2.75, 3.05) is 11.9 Å². The Morgan fingerprint density at radius 2 is 2.07 bits per heavy atom. The average Bonchev–Trinajstić information content (AvgIpc) is 3.04. The number of hydrogen-bond acceptors (Lipinski definition) is 6. The van der Waals surface area contributed by atoms with Crippen LogP contribution < -0.4 is 5.32 Å². The molecule has 1 aromatic carbocycles. The van der Waals surface area contributed by atoms with Crippen LogP contribution >= 0.6 is 0 Å². The molecule has 0 radical (unpaired) electrons. The minimum atomic E-state index is -1.02. The first-order valence-electron chi connectivity index (χ1n) is 9.19. The molecular weight excluding hydrogens is 374 g/mol. The molecular formula is C21H23N3O5. The van der Waals surface area contributed by atoms with E-state index in [1.807, 2.05) is 6.07 Å². The highest BCUT2D eigenvalue weighted by molar-refractivity contribution is 5.90. The van der Waals surface area contributed by atoms with Crippen LogP contribution in [0.2, 0.25) is 0 Å². The Morgan fingerprint density at radius 3 is 2.69 bits per heavy atom. The summed E-state index contributed by atoms with van der Waals surface area (Å²) < 4.78 is 12.1. The maximum absolute atomic E-state index is 12.7. The first kappa shape index (κ1) is 20.4. The number of benzene rings is 1. The van der Waals surface area contributed by atoms with E-state index in [0.717, 1.165) is 0 Å². The summed E-state index contributed by atoms with van der Waals surface area (Å²) in [5, 5.41) is 21.5. The van der Waals surface area contributed by atoms with Gasteiger partial charge < -0.3 is 14.6 Å². The van der Waals surface area contributed by atoms with Crippen LogP contribution in [0.1, 0.15) is 45.4 Å². The van der Waals surface area contributed by atoms with Crippen molar-refractivity contribution >= 4 is 17.9 Å². The van der Waals surface area contributed by atoms with Gasteiger partial charge in [0.05, 0.1) is 11.4 Å². The van der Waals surface area contributed by atoms with Crippen LogP contribution in [-0.4, -0.2) is 34.1 Å². The largest absolute Gasteiger partial charge is 0.443 e. The van der Waals surface area contributed by atoms with E-state index >= 15 is 0 Å². The number of hydrogen-bond donors (Lipinski definition) is 2. The zero-order valence-corrected chi connectivity index (χ0v) is 16.8.